The number of alkyl halides is 3. The molecule has 1 saturated heterocycles. The summed E-state index contributed by atoms with van der Waals surface area (Å²) in [5.41, 5.74) is 0.297. The first-order valence-electron chi connectivity index (χ1n) is 7.70. The van der Waals surface area contributed by atoms with Gasteiger partial charge in [0.25, 0.3) is 0 Å². The molecule has 23 heavy (non-hydrogen) atoms. The first-order valence-corrected chi connectivity index (χ1v) is 7.70. The lowest BCUT2D eigenvalue weighted by Crippen LogP contribution is -2.34. The first kappa shape index (κ1) is 17.6. The number of carbonyl (C=O) groups excluding carboxylic acids is 1. The van der Waals surface area contributed by atoms with Gasteiger partial charge in [-0.3, -0.25) is 4.79 Å². The molecule has 1 heterocycles. The van der Waals surface area contributed by atoms with Gasteiger partial charge in [-0.15, -0.1) is 13.2 Å². The van der Waals surface area contributed by atoms with Crippen LogP contribution in [0.15, 0.2) is 24.3 Å². The number of piperidine rings is 1. The van der Waals surface area contributed by atoms with E-state index in [1.54, 1.807) is 0 Å². The lowest BCUT2D eigenvalue weighted by molar-refractivity contribution is -0.274. The van der Waals surface area contributed by atoms with Gasteiger partial charge in [0.2, 0.25) is 5.91 Å². The second-order valence-corrected chi connectivity index (χ2v) is 5.91. The van der Waals surface area contributed by atoms with Gasteiger partial charge in [0.05, 0.1) is 0 Å². The molecule has 128 valence electrons. The Kier molecular flexibility index (Phi) is 5.87. The van der Waals surface area contributed by atoms with Gasteiger partial charge in [0.1, 0.15) is 5.75 Å². The van der Waals surface area contributed by atoms with E-state index in [2.05, 4.69) is 15.4 Å². The molecule has 1 aromatic carbocycles. The molecule has 0 radical (unpaired) electrons. The highest BCUT2D eigenvalue weighted by atomic mass is 19.4. The Morgan fingerprint density at radius 2 is 2.26 bits per heavy atom. The second kappa shape index (κ2) is 7.68. The van der Waals surface area contributed by atoms with Crippen LogP contribution < -0.4 is 15.4 Å². The minimum Gasteiger partial charge on any atom is -0.406 e. The van der Waals surface area contributed by atoms with E-state index in [4.69, 9.17) is 0 Å². The maximum Gasteiger partial charge on any atom is 0.573 e. The Hall–Kier alpha value is -1.76. The van der Waals surface area contributed by atoms with Crippen LogP contribution in [0.4, 0.5) is 18.9 Å². The number of nitrogens with one attached hydrogen (secondary N) is 2. The Bertz CT molecular complexity index is 528. The number of hydrogen-bond acceptors (Lipinski definition) is 3. The molecule has 0 saturated carbocycles. The highest BCUT2D eigenvalue weighted by Crippen LogP contribution is 2.26. The van der Waals surface area contributed by atoms with Crippen molar-refractivity contribution in [2.45, 2.75) is 32.5 Å². The average Bonchev–Trinajstić information content (AvgIpc) is 2.46. The van der Waals surface area contributed by atoms with Crippen LogP contribution in [-0.2, 0) is 4.79 Å². The van der Waals surface area contributed by atoms with Crippen molar-refractivity contribution in [3.63, 3.8) is 0 Å². The Morgan fingerprint density at radius 1 is 1.48 bits per heavy atom. The summed E-state index contributed by atoms with van der Waals surface area (Å²) in [6.45, 7) is 3.95. The molecule has 1 amide bonds. The van der Waals surface area contributed by atoms with E-state index in [0.29, 0.717) is 18.0 Å². The summed E-state index contributed by atoms with van der Waals surface area (Å²) in [6.07, 6.45) is -2.20. The van der Waals surface area contributed by atoms with E-state index in [0.717, 1.165) is 32.0 Å². The molecule has 2 N–H and O–H groups in total. The smallest absolute Gasteiger partial charge is 0.406 e. The molecule has 2 unspecified atom stereocenters. The predicted molar refractivity (Wildman–Crippen MR) is 81.1 cm³/mol. The molecule has 2 atom stereocenters. The standard InChI is InChI=1S/C16H21F3N2O2/c1-11(12-4-3-7-20-10-12)8-15(22)21-13-5-2-6-14(9-13)23-16(17,18)19/h2,5-6,9,11-12,20H,3-4,7-8,10H2,1H3,(H,21,22). The molecule has 1 aliphatic rings. The van der Waals surface area contributed by atoms with Crippen molar-refractivity contribution in [2.75, 3.05) is 18.4 Å². The Balaban J connectivity index is 1.88. The van der Waals surface area contributed by atoms with Gasteiger partial charge < -0.3 is 15.4 Å². The maximum absolute atomic E-state index is 12.2. The molecule has 1 aliphatic heterocycles. The second-order valence-electron chi connectivity index (χ2n) is 5.91. The van der Waals surface area contributed by atoms with Gasteiger partial charge in [-0.25, -0.2) is 0 Å². The van der Waals surface area contributed by atoms with Crippen LogP contribution in [0.2, 0.25) is 0 Å². The SMILES string of the molecule is CC(CC(=O)Nc1cccc(OC(F)(F)F)c1)C1CCCNC1. The van der Waals surface area contributed by atoms with Gasteiger partial charge in [-0.2, -0.15) is 0 Å². The highest BCUT2D eigenvalue weighted by Gasteiger charge is 2.31. The third kappa shape index (κ3) is 6.09. The topological polar surface area (TPSA) is 50.4 Å². The molecule has 2 rings (SSSR count). The fourth-order valence-corrected chi connectivity index (χ4v) is 2.81. The number of hydrogen-bond donors (Lipinski definition) is 2. The van der Waals surface area contributed by atoms with Crippen molar-refractivity contribution in [2.24, 2.45) is 11.8 Å². The lowest BCUT2D eigenvalue weighted by atomic mass is 9.85. The lowest BCUT2D eigenvalue weighted by Gasteiger charge is -2.28. The Morgan fingerprint density at radius 3 is 2.91 bits per heavy atom. The molecule has 4 nitrogen and oxygen atoms in total. The van der Waals surface area contributed by atoms with Gasteiger partial charge >= 0.3 is 6.36 Å². The van der Waals surface area contributed by atoms with Crippen LogP contribution in [0.25, 0.3) is 0 Å². The van der Waals surface area contributed by atoms with Gasteiger partial charge in [0.15, 0.2) is 0 Å². The maximum atomic E-state index is 12.2. The number of benzene rings is 1. The zero-order chi connectivity index (χ0) is 16.9. The van der Waals surface area contributed by atoms with E-state index in [1.165, 1.54) is 18.2 Å². The van der Waals surface area contributed by atoms with E-state index in [-0.39, 0.29) is 17.6 Å². The van der Waals surface area contributed by atoms with Crippen molar-refractivity contribution in [3.05, 3.63) is 24.3 Å². The first-order chi connectivity index (χ1) is 10.8. The fourth-order valence-electron chi connectivity index (χ4n) is 2.81. The number of halogens is 3. The van der Waals surface area contributed by atoms with Crippen LogP contribution in [0.5, 0.6) is 5.75 Å². The zero-order valence-corrected chi connectivity index (χ0v) is 13.0. The number of rotatable bonds is 5. The van der Waals surface area contributed by atoms with Crippen LogP contribution in [-0.4, -0.2) is 25.4 Å². The third-order valence-electron chi connectivity index (χ3n) is 4.00. The van der Waals surface area contributed by atoms with Crippen molar-refractivity contribution < 1.29 is 22.7 Å². The minimum absolute atomic E-state index is 0.202. The van der Waals surface area contributed by atoms with Crippen molar-refractivity contribution >= 4 is 11.6 Å². The molecule has 1 aromatic rings. The van der Waals surface area contributed by atoms with E-state index >= 15 is 0 Å². The monoisotopic (exact) mass is 330 g/mol. The minimum atomic E-state index is -4.74. The van der Waals surface area contributed by atoms with Crippen molar-refractivity contribution in [3.8, 4) is 5.75 Å². The van der Waals surface area contributed by atoms with Gasteiger partial charge in [0, 0.05) is 18.2 Å². The molecule has 7 heteroatoms. The number of ether oxygens (including phenoxy) is 1. The van der Waals surface area contributed by atoms with Crippen LogP contribution in [0.1, 0.15) is 26.2 Å². The summed E-state index contributed by atoms with van der Waals surface area (Å²) in [4.78, 5) is 12.1. The largest absolute Gasteiger partial charge is 0.573 e. The molecular formula is C16H21F3N2O2. The Labute approximate surface area is 133 Å². The molecule has 1 fully saturated rings. The summed E-state index contributed by atoms with van der Waals surface area (Å²) in [6, 6.07) is 5.30. The summed E-state index contributed by atoms with van der Waals surface area (Å²) in [5.74, 6) is 0.124. The molecule has 0 spiro atoms. The number of anilines is 1. The molecule has 0 aromatic heterocycles. The highest BCUT2D eigenvalue weighted by molar-refractivity contribution is 5.91. The summed E-state index contributed by atoms with van der Waals surface area (Å²) < 4.78 is 40.4. The molecular weight excluding hydrogens is 309 g/mol. The van der Waals surface area contributed by atoms with Gasteiger partial charge in [-0.1, -0.05) is 13.0 Å². The zero-order valence-electron chi connectivity index (χ0n) is 13.0. The predicted octanol–water partition coefficient (Wildman–Crippen LogP) is 3.55. The van der Waals surface area contributed by atoms with Crippen LogP contribution in [0.3, 0.4) is 0 Å². The summed E-state index contributed by atoms with van der Waals surface area (Å²) in [7, 11) is 0. The molecule has 0 aliphatic carbocycles. The average molecular weight is 330 g/mol. The van der Waals surface area contributed by atoms with E-state index in [1.807, 2.05) is 6.92 Å². The van der Waals surface area contributed by atoms with E-state index < -0.39 is 6.36 Å². The number of amides is 1. The quantitative estimate of drug-likeness (QED) is 0.868. The van der Waals surface area contributed by atoms with Crippen LogP contribution in [0, 0.1) is 11.8 Å². The van der Waals surface area contributed by atoms with Crippen LogP contribution >= 0.6 is 0 Å². The molecule has 0 bridgehead atoms. The van der Waals surface area contributed by atoms with Gasteiger partial charge in [-0.05, 0) is 49.9 Å². The summed E-state index contributed by atoms with van der Waals surface area (Å²) in [5, 5.41) is 5.94. The van der Waals surface area contributed by atoms with Crippen molar-refractivity contribution in [1.82, 2.24) is 5.32 Å². The normalized spacial score (nSPS) is 19.9. The fraction of sp³-hybridized carbons (Fsp3) is 0.562. The van der Waals surface area contributed by atoms with E-state index in [9.17, 15) is 18.0 Å². The van der Waals surface area contributed by atoms with Crippen molar-refractivity contribution in [1.29, 1.82) is 0 Å². The number of carbonyl (C=O) groups is 1. The summed E-state index contributed by atoms with van der Waals surface area (Å²) >= 11 is 0. The third-order valence-corrected chi connectivity index (χ3v) is 4.00.